The average molecular weight is 414 g/mol. The second-order valence-corrected chi connectivity index (χ2v) is 11.0. The van der Waals surface area contributed by atoms with E-state index in [1.165, 1.54) is 6.26 Å². The Hall–Kier alpha value is -1.96. The first-order chi connectivity index (χ1) is 13.4. The van der Waals surface area contributed by atoms with E-state index in [1.807, 2.05) is 42.2 Å². The molecule has 3 aromatic rings. The van der Waals surface area contributed by atoms with Gasteiger partial charge in [0.05, 0.1) is 10.2 Å². The molecule has 0 saturated carbocycles. The normalized spacial score (nSPS) is 21.4. The fourth-order valence-corrected chi connectivity index (χ4v) is 7.91. The summed E-state index contributed by atoms with van der Waals surface area (Å²) in [5.74, 6) is 0. The molecule has 5 nitrogen and oxygen atoms in total. The minimum Gasteiger partial charge on any atom is -0.317 e. The van der Waals surface area contributed by atoms with Gasteiger partial charge in [0, 0.05) is 17.4 Å². The fraction of sp³-hybridized carbons (Fsp3) is 0.381. The molecule has 0 radical (unpaired) electrons. The molecular weight excluding hydrogens is 390 g/mol. The van der Waals surface area contributed by atoms with E-state index in [9.17, 15) is 8.42 Å². The Balaban J connectivity index is 1.78. The van der Waals surface area contributed by atoms with Crippen molar-refractivity contribution in [2.75, 3.05) is 24.2 Å². The third-order valence-electron chi connectivity index (χ3n) is 6.12. The van der Waals surface area contributed by atoms with Crippen LogP contribution in [0.15, 0.2) is 42.5 Å². The maximum atomic E-state index is 13.2. The smallest absolute Gasteiger partial charge is 0.192 e. The molecule has 1 unspecified atom stereocenters. The minimum absolute atomic E-state index is 0.400. The van der Waals surface area contributed by atoms with E-state index < -0.39 is 20.6 Å². The summed E-state index contributed by atoms with van der Waals surface area (Å²) in [7, 11) is -3.36. The van der Waals surface area contributed by atoms with Gasteiger partial charge >= 0.3 is 0 Å². The lowest BCUT2D eigenvalue weighted by Crippen LogP contribution is -2.52. The van der Waals surface area contributed by atoms with Crippen LogP contribution in [0.3, 0.4) is 0 Å². The number of para-hydroxylation sites is 2. The van der Waals surface area contributed by atoms with Crippen LogP contribution in [0.25, 0.3) is 10.2 Å². The first-order valence-electron chi connectivity index (χ1n) is 9.56. The van der Waals surface area contributed by atoms with Crippen molar-refractivity contribution in [3.8, 4) is 0 Å². The fourth-order valence-electron chi connectivity index (χ4n) is 4.98. The van der Waals surface area contributed by atoms with Gasteiger partial charge in [-0.3, -0.25) is 4.90 Å². The van der Waals surface area contributed by atoms with Crippen molar-refractivity contribution >= 4 is 42.2 Å². The summed E-state index contributed by atoms with van der Waals surface area (Å²) in [5.41, 5.74) is 3.79. The molecule has 0 bridgehead atoms. The number of aromatic nitrogens is 1. The number of anilines is 2. The molecule has 1 atom stereocenters. The van der Waals surface area contributed by atoms with Gasteiger partial charge in [-0.25, -0.2) is 13.4 Å². The SMILES string of the molecule is Cc1cccc2sc(N3c4ccccc4C4(CCNCC4)C3S(C)(=O)=O)nc12. The van der Waals surface area contributed by atoms with Crippen molar-refractivity contribution in [2.45, 2.75) is 30.6 Å². The van der Waals surface area contributed by atoms with Gasteiger partial charge in [0.1, 0.15) is 5.37 Å². The lowest BCUT2D eigenvalue weighted by atomic mass is 9.74. The molecule has 1 saturated heterocycles. The molecule has 3 heterocycles. The van der Waals surface area contributed by atoms with Crippen molar-refractivity contribution in [2.24, 2.45) is 0 Å². The Labute approximate surface area is 169 Å². The zero-order valence-electron chi connectivity index (χ0n) is 16.0. The van der Waals surface area contributed by atoms with Crippen LogP contribution in [-0.2, 0) is 15.3 Å². The monoisotopic (exact) mass is 413 g/mol. The van der Waals surface area contributed by atoms with Crippen molar-refractivity contribution in [1.82, 2.24) is 10.3 Å². The third-order valence-corrected chi connectivity index (χ3v) is 8.62. The van der Waals surface area contributed by atoms with Crippen LogP contribution in [-0.4, -0.2) is 38.1 Å². The number of nitrogens with one attached hydrogen (secondary N) is 1. The molecule has 0 amide bonds. The number of piperidine rings is 1. The van der Waals surface area contributed by atoms with Crippen LogP contribution in [0.5, 0.6) is 0 Å². The van der Waals surface area contributed by atoms with Gasteiger partial charge < -0.3 is 5.32 Å². The Morgan fingerprint density at radius 3 is 2.61 bits per heavy atom. The maximum absolute atomic E-state index is 13.2. The molecule has 1 N–H and O–H groups in total. The molecule has 5 rings (SSSR count). The van der Waals surface area contributed by atoms with Crippen molar-refractivity contribution in [3.63, 3.8) is 0 Å². The number of thiazole rings is 1. The third kappa shape index (κ3) is 2.53. The number of benzene rings is 2. The Kier molecular flexibility index (Phi) is 4.05. The van der Waals surface area contributed by atoms with Gasteiger partial charge in [-0.05, 0) is 56.1 Å². The number of hydrogen-bond donors (Lipinski definition) is 1. The minimum atomic E-state index is -3.36. The molecule has 2 aromatic carbocycles. The highest BCUT2D eigenvalue weighted by Crippen LogP contribution is 2.55. The zero-order valence-corrected chi connectivity index (χ0v) is 17.6. The highest BCUT2D eigenvalue weighted by molar-refractivity contribution is 7.91. The van der Waals surface area contributed by atoms with Crippen molar-refractivity contribution in [1.29, 1.82) is 0 Å². The quantitative estimate of drug-likeness (QED) is 0.693. The van der Waals surface area contributed by atoms with Crippen LogP contribution in [0, 0.1) is 6.92 Å². The summed E-state index contributed by atoms with van der Waals surface area (Å²) in [6.45, 7) is 3.70. The van der Waals surface area contributed by atoms with Crippen molar-refractivity contribution < 1.29 is 8.42 Å². The highest BCUT2D eigenvalue weighted by Gasteiger charge is 2.56. The van der Waals surface area contributed by atoms with E-state index in [-0.39, 0.29) is 0 Å². The first-order valence-corrected chi connectivity index (χ1v) is 12.3. The molecule has 28 heavy (non-hydrogen) atoms. The van der Waals surface area contributed by atoms with E-state index in [1.54, 1.807) is 11.3 Å². The average Bonchev–Trinajstić information content (AvgIpc) is 3.21. The van der Waals surface area contributed by atoms with Gasteiger partial charge in [-0.15, -0.1) is 0 Å². The molecule has 146 valence electrons. The van der Waals surface area contributed by atoms with Crippen LogP contribution in [0.1, 0.15) is 24.0 Å². The van der Waals surface area contributed by atoms with E-state index in [0.29, 0.717) is 0 Å². The van der Waals surface area contributed by atoms with Gasteiger partial charge in [-0.1, -0.05) is 41.7 Å². The van der Waals surface area contributed by atoms with Crippen LogP contribution < -0.4 is 10.2 Å². The Morgan fingerprint density at radius 2 is 1.89 bits per heavy atom. The summed E-state index contributed by atoms with van der Waals surface area (Å²) in [6, 6.07) is 14.3. The molecule has 0 aliphatic carbocycles. The number of hydrogen-bond acceptors (Lipinski definition) is 6. The molecule has 2 aliphatic rings. The van der Waals surface area contributed by atoms with E-state index in [4.69, 9.17) is 4.98 Å². The van der Waals surface area contributed by atoms with Crippen LogP contribution in [0.2, 0.25) is 0 Å². The zero-order chi connectivity index (χ0) is 19.5. The number of nitrogens with zero attached hydrogens (tertiary/aromatic N) is 2. The molecule has 7 heteroatoms. The van der Waals surface area contributed by atoms with Gasteiger partial charge in [0.25, 0.3) is 0 Å². The molecule has 2 aliphatic heterocycles. The van der Waals surface area contributed by atoms with Gasteiger partial charge in [-0.2, -0.15) is 0 Å². The maximum Gasteiger partial charge on any atom is 0.192 e. The largest absolute Gasteiger partial charge is 0.317 e. The van der Waals surface area contributed by atoms with Crippen LogP contribution >= 0.6 is 11.3 Å². The van der Waals surface area contributed by atoms with E-state index in [0.717, 1.165) is 58.1 Å². The van der Waals surface area contributed by atoms with Crippen molar-refractivity contribution in [3.05, 3.63) is 53.6 Å². The van der Waals surface area contributed by atoms with Gasteiger partial charge in [0.15, 0.2) is 15.0 Å². The first kappa shape index (κ1) is 18.1. The predicted molar refractivity (Wildman–Crippen MR) is 115 cm³/mol. The topological polar surface area (TPSA) is 62.3 Å². The number of rotatable bonds is 2. The standard InChI is InChI=1S/C21H23N3O2S2/c1-14-6-5-9-17-18(14)23-20(27-17)24-16-8-4-3-7-15(16)21(10-12-22-13-11-21)19(24)28(2,25)26/h3-9,19,22H,10-13H2,1-2H3. The molecule has 1 aromatic heterocycles. The predicted octanol–water partition coefficient (Wildman–Crippen LogP) is 3.75. The van der Waals surface area contributed by atoms with E-state index >= 15 is 0 Å². The summed E-state index contributed by atoms with van der Waals surface area (Å²) in [5, 5.41) is 3.54. The summed E-state index contributed by atoms with van der Waals surface area (Å²) in [6.07, 6.45) is 2.99. The highest BCUT2D eigenvalue weighted by atomic mass is 32.2. The summed E-state index contributed by atoms with van der Waals surface area (Å²) in [4.78, 5) is 6.90. The lowest BCUT2D eigenvalue weighted by Gasteiger charge is -2.40. The molecule has 1 fully saturated rings. The number of fused-ring (bicyclic) bond motifs is 3. The molecular formula is C21H23N3O2S2. The number of aryl methyl sites for hydroxylation is 1. The van der Waals surface area contributed by atoms with E-state index in [2.05, 4.69) is 17.4 Å². The van der Waals surface area contributed by atoms with Gasteiger partial charge in [0.2, 0.25) is 0 Å². The second-order valence-electron chi connectivity index (χ2n) is 7.89. The molecule has 1 spiro atoms. The van der Waals surface area contributed by atoms with Crippen LogP contribution in [0.4, 0.5) is 10.8 Å². The lowest BCUT2D eigenvalue weighted by molar-refractivity contribution is 0.308. The second kappa shape index (κ2) is 6.27. The summed E-state index contributed by atoms with van der Waals surface area (Å²) >= 11 is 1.57. The number of sulfone groups is 1. The Bertz CT molecular complexity index is 1160. The summed E-state index contributed by atoms with van der Waals surface area (Å²) < 4.78 is 27.4. The Morgan fingerprint density at radius 1 is 1.14 bits per heavy atom.